The van der Waals surface area contributed by atoms with Crippen molar-refractivity contribution in [2.45, 2.75) is 39.2 Å². The molecule has 0 saturated carbocycles. The van der Waals surface area contributed by atoms with Crippen LogP contribution in [-0.4, -0.2) is 32.2 Å². The molecular weight excluding hydrogens is 376 g/mol. The van der Waals surface area contributed by atoms with E-state index < -0.39 is 5.38 Å². The molecule has 0 aliphatic carbocycles. The highest BCUT2D eigenvalue weighted by atomic mass is 35.5. The van der Waals surface area contributed by atoms with Crippen LogP contribution in [0.5, 0.6) is 6.01 Å². The van der Waals surface area contributed by atoms with Crippen LogP contribution in [0.3, 0.4) is 0 Å². The van der Waals surface area contributed by atoms with Crippen LogP contribution >= 0.6 is 11.6 Å². The fourth-order valence-electron chi connectivity index (χ4n) is 2.55. The van der Waals surface area contributed by atoms with Crippen molar-refractivity contribution in [3.8, 4) is 23.1 Å². The molecule has 0 spiro atoms. The zero-order valence-electron chi connectivity index (χ0n) is 16.3. The quantitative estimate of drug-likeness (QED) is 0.616. The van der Waals surface area contributed by atoms with Crippen LogP contribution < -0.4 is 10.1 Å². The number of ether oxygens (including phenoxy) is 1. The molecule has 146 valence electrons. The maximum atomic E-state index is 11.8. The Morgan fingerprint density at radius 2 is 1.71 bits per heavy atom. The first-order valence-corrected chi connectivity index (χ1v) is 9.53. The summed E-state index contributed by atoms with van der Waals surface area (Å²) in [6.07, 6.45) is -0.0307. The molecule has 3 aromatic rings. The van der Waals surface area contributed by atoms with Crippen LogP contribution in [-0.2, 0) is 4.79 Å². The fraction of sp³-hybridized carbons (Fsp3) is 0.286. The number of carbonyl (C=O) groups excluding carboxylic acids is 1. The molecule has 7 heteroatoms. The smallest absolute Gasteiger partial charge is 0.336 e. The predicted molar refractivity (Wildman–Crippen MR) is 111 cm³/mol. The molecule has 0 aliphatic rings. The largest absolute Gasteiger partial charge is 0.460 e. The molecule has 3 rings (SSSR count). The average molecular weight is 399 g/mol. The molecule has 1 heterocycles. The Hall–Kier alpha value is -2.86. The molecule has 0 aliphatic heterocycles. The number of alkyl halides is 1. The lowest BCUT2D eigenvalue weighted by Crippen LogP contribution is -2.20. The van der Waals surface area contributed by atoms with Crippen molar-refractivity contribution in [3.63, 3.8) is 0 Å². The molecule has 1 aromatic heterocycles. The number of nitrogens with one attached hydrogen (secondary N) is 1. The van der Waals surface area contributed by atoms with Crippen LogP contribution in [0.1, 0.15) is 26.3 Å². The lowest BCUT2D eigenvalue weighted by Gasteiger charge is -2.09. The monoisotopic (exact) mass is 398 g/mol. The molecule has 28 heavy (non-hydrogen) atoms. The molecule has 1 amide bonds. The van der Waals surface area contributed by atoms with Crippen molar-refractivity contribution in [1.82, 2.24) is 14.8 Å². The van der Waals surface area contributed by atoms with E-state index in [0.29, 0.717) is 17.5 Å². The average Bonchev–Trinajstić information content (AvgIpc) is 3.05. The predicted octanol–water partition coefficient (Wildman–Crippen LogP) is 4.60. The zero-order chi connectivity index (χ0) is 20.3. The molecule has 0 fully saturated rings. The number of halogens is 1. The molecule has 2 aromatic carbocycles. The lowest BCUT2D eigenvalue weighted by molar-refractivity contribution is -0.115. The summed E-state index contributed by atoms with van der Waals surface area (Å²) in [6.45, 7) is 7.53. The third kappa shape index (κ3) is 4.70. The van der Waals surface area contributed by atoms with E-state index in [0.717, 1.165) is 11.3 Å². The van der Waals surface area contributed by atoms with Gasteiger partial charge in [0.05, 0.1) is 11.8 Å². The first kappa shape index (κ1) is 19.9. The number of nitrogens with zero attached hydrogens (tertiary/aromatic N) is 3. The summed E-state index contributed by atoms with van der Waals surface area (Å²) in [7, 11) is 0. The van der Waals surface area contributed by atoms with Crippen molar-refractivity contribution >= 4 is 23.2 Å². The first-order chi connectivity index (χ1) is 13.3. The first-order valence-electron chi connectivity index (χ1n) is 9.09. The second-order valence-electron chi connectivity index (χ2n) is 6.81. The number of aryl methyl sites for hydroxylation is 1. The van der Waals surface area contributed by atoms with Crippen LogP contribution in [0.2, 0.25) is 0 Å². The van der Waals surface area contributed by atoms with E-state index in [4.69, 9.17) is 16.3 Å². The zero-order valence-corrected chi connectivity index (χ0v) is 17.1. The van der Waals surface area contributed by atoms with Crippen LogP contribution in [0.4, 0.5) is 5.69 Å². The highest BCUT2D eigenvalue weighted by molar-refractivity contribution is 6.32. The summed E-state index contributed by atoms with van der Waals surface area (Å²) in [5, 5.41) is 6.68. The van der Waals surface area contributed by atoms with Gasteiger partial charge in [0, 0.05) is 11.3 Å². The summed E-state index contributed by atoms with van der Waals surface area (Å²) in [4.78, 5) is 16.3. The van der Waals surface area contributed by atoms with Gasteiger partial charge in [-0.25, -0.2) is 4.68 Å². The van der Waals surface area contributed by atoms with Gasteiger partial charge in [-0.3, -0.25) is 4.79 Å². The molecule has 6 nitrogen and oxygen atoms in total. The second kappa shape index (κ2) is 8.44. The number of anilines is 1. The highest BCUT2D eigenvalue weighted by Crippen LogP contribution is 2.25. The van der Waals surface area contributed by atoms with Gasteiger partial charge in [0.25, 0.3) is 0 Å². The molecule has 1 atom stereocenters. The van der Waals surface area contributed by atoms with Crippen molar-refractivity contribution in [2.24, 2.45) is 0 Å². The van der Waals surface area contributed by atoms with Gasteiger partial charge in [0.2, 0.25) is 5.91 Å². The van der Waals surface area contributed by atoms with Gasteiger partial charge in [-0.2, -0.15) is 4.98 Å². The molecular formula is C21H23ClN4O2. The third-order valence-corrected chi connectivity index (χ3v) is 4.18. The van der Waals surface area contributed by atoms with Gasteiger partial charge in [-0.05, 0) is 52.0 Å². The van der Waals surface area contributed by atoms with E-state index in [1.165, 1.54) is 5.56 Å². The van der Waals surface area contributed by atoms with Crippen molar-refractivity contribution in [2.75, 3.05) is 5.32 Å². The van der Waals surface area contributed by atoms with Crippen molar-refractivity contribution < 1.29 is 9.53 Å². The third-order valence-electron chi connectivity index (χ3n) is 3.98. The van der Waals surface area contributed by atoms with Crippen LogP contribution in [0, 0.1) is 6.92 Å². The van der Waals surface area contributed by atoms with E-state index in [1.807, 2.05) is 57.2 Å². The number of aromatic nitrogens is 3. The Kier molecular flexibility index (Phi) is 5.99. The summed E-state index contributed by atoms with van der Waals surface area (Å²) in [5.74, 6) is 0.435. The summed E-state index contributed by atoms with van der Waals surface area (Å²) in [6, 6.07) is 15.7. The Morgan fingerprint density at radius 1 is 1.07 bits per heavy atom. The van der Waals surface area contributed by atoms with Gasteiger partial charge < -0.3 is 10.1 Å². The number of hydrogen-bond acceptors (Lipinski definition) is 4. The number of benzene rings is 2. The lowest BCUT2D eigenvalue weighted by atomic mass is 10.1. The fourth-order valence-corrected chi connectivity index (χ4v) is 2.61. The minimum absolute atomic E-state index is 0.0307. The maximum absolute atomic E-state index is 11.8. The molecule has 0 bridgehead atoms. The Morgan fingerprint density at radius 3 is 2.29 bits per heavy atom. The Labute approximate surface area is 169 Å². The van der Waals surface area contributed by atoms with Crippen LogP contribution in [0.15, 0.2) is 48.5 Å². The van der Waals surface area contributed by atoms with Gasteiger partial charge in [-0.15, -0.1) is 16.7 Å². The number of carbonyl (C=O) groups is 1. The second-order valence-corrected chi connectivity index (χ2v) is 7.47. The van der Waals surface area contributed by atoms with E-state index in [-0.39, 0.29) is 12.0 Å². The van der Waals surface area contributed by atoms with Crippen LogP contribution in [0.25, 0.3) is 17.1 Å². The number of hydrogen-bond donors (Lipinski definition) is 1. The summed E-state index contributed by atoms with van der Waals surface area (Å²) < 4.78 is 7.42. The van der Waals surface area contributed by atoms with E-state index >= 15 is 0 Å². The van der Waals surface area contributed by atoms with Gasteiger partial charge in [-0.1, -0.05) is 29.8 Å². The van der Waals surface area contributed by atoms with Crippen molar-refractivity contribution in [3.05, 3.63) is 54.1 Å². The number of amides is 1. The van der Waals surface area contributed by atoms with Crippen molar-refractivity contribution in [1.29, 1.82) is 0 Å². The highest BCUT2D eigenvalue weighted by Gasteiger charge is 2.16. The van der Waals surface area contributed by atoms with E-state index in [1.54, 1.807) is 23.7 Å². The van der Waals surface area contributed by atoms with Gasteiger partial charge >= 0.3 is 6.01 Å². The van der Waals surface area contributed by atoms with E-state index in [9.17, 15) is 4.79 Å². The maximum Gasteiger partial charge on any atom is 0.336 e. The minimum atomic E-state index is -0.598. The topological polar surface area (TPSA) is 69.0 Å². The molecule has 0 radical (unpaired) electrons. The Balaban J connectivity index is 1.96. The van der Waals surface area contributed by atoms with Gasteiger partial charge in [0.1, 0.15) is 5.38 Å². The molecule has 1 N–H and O–H groups in total. The molecule has 1 unspecified atom stereocenters. The molecule has 0 saturated heterocycles. The summed E-state index contributed by atoms with van der Waals surface area (Å²) in [5.41, 5.74) is 3.57. The SMILES string of the molecule is Cc1ccc(-c2nc(OC(C)C)nn2-c2ccc(NC(=O)C(C)Cl)cc2)cc1. The van der Waals surface area contributed by atoms with Gasteiger partial charge in [0.15, 0.2) is 5.82 Å². The minimum Gasteiger partial charge on any atom is -0.460 e. The normalized spacial score (nSPS) is 12.1. The van der Waals surface area contributed by atoms with E-state index in [2.05, 4.69) is 15.4 Å². The Bertz CT molecular complexity index is 948. The standard InChI is InChI=1S/C21H23ClN4O2/c1-13(2)28-21-24-19(16-7-5-14(3)6-8-16)26(25-21)18-11-9-17(10-12-18)23-20(27)15(4)22/h5-13,15H,1-4H3,(H,23,27). The summed E-state index contributed by atoms with van der Waals surface area (Å²) >= 11 is 5.80. The number of rotatable bonds is 6.